The van der Waals surface area contributed by atoms with Crippen LogP contribution in [0.3, 0.4) is 0 Å². The SMILES string of the molecule is Cc1cc(F)c(S(=O)(=O)NC(C)CCCO)cc1F. The molecule has 0 amide bonds. The monoisotopic (exact) mass is 293 g/mol. The molecule has 0 aliphatic carbocycles. The van der Waals surface area contributed by atoms with Gasteiger partial charge in [0, 0.05) is 12.6 Å². The molecule has 108 valence electrons. The number of halogens is 2. The Hall–Kier alpha value is -1.05. The Labute approximate surface area is 111 Å². The molecular weight excluding hydrogens is 276 g/mol. The van der Waals surface area contributed by atoms with Crippen molar-refractivity contribution < 1.29 is 22.3 Å². The summed E-state index contributed by atoms with van der Waals surface area (Å²) in [7, 11) is -4.11. The predicted octanol–water partition coefficient (Wildman–Crippen LogP) is 1.71. The number of aliphatic hydroxyl groups excluding tert-OH is 1. The van der Waals surface area contributed by atoms with Crippen molar-refractivity contribution in [3.8, 4) is 0 Å². The van der Waals surface area contributed by atoms with Crippen LogP contribution in [-0.4, -0.2) is 26.2 Å². The van der Waals surface area contributed by atoms with E-state index in [0.29, 0.717) is 18.9 Å². The Morgan fingerprint density at radius 2 is 1.95 bits per heavy atom. The summed E-state index contributed by atoms with van der Waals surface area (Å²) in [5.41, 5.74) is 0.0461. The van der Waals surface area contributed by atoms with Crippen LogP contribution in [0.15, 0.2) is 17.0 Å². The topological polar surface area (TPSA) is 66.4 Å². The van der Waals surface area contributed by atoms with E-state index in [1.54, 1.807) is 6.92 Å². The smallest absolute Gasteiger partial charge is 0.243 e. The molecule has 0 aliphatic heterocycles. The number of aliphatic hydroxyl groups is 1. The number of rotatable bonds is 6. The summed E-state index contributed by atoms with van der Waals surface area (Å²) in [5, 5.41) is 8.65. The summed E-state index contributed by atoms with van der Waals surface area (Å²) in [4.78, 5) is -0.702. The lowest BCUT2D eigenvalue weighted by molar-refractivity contribution is 0.279. The molecule has 1 unspecified atom stereocenters. The molecule has 1 aromatic rings. The van der Waals surface area contributed by atoms with Gasteiger partial charge in [0.2, 0.25) is 10.0 Å². The van der Waals surface area contributed by atoms with Gasteiger partial charge in [0.25, 0.3) is 0 Å². The molecule has 0 heterocycles. The van der Waals surface area contributed by atoms with E-state index in [1.807, 2.05) is 0 Å². The molecular formula is C12H17F2NO3S. The predicted molar refractivity (Wildman–Crippen MR) is 67.2 cm³/mol. The van der Waals surface area contributed by atoms with E-state index >= 15 is 0 Å². The van der Waals surface area contributed by atoms with E-state index in [-0.39, 0.29) is 12.2 Å². The molecule has 0 saturated carbocycles. The first-order valence-electron chi connectivity index (χ1n) is 5.86. The first-order chi connectivity index (χ1) is 8.77. The fourth-order valence-corrected chi connectivity index (χ4v) is 2.97. The van der Waals surface area contributed by atoms with Crippen LogP contribution in [0.1, 0.15) is 25.3 Å². The molecule has 0 aliphatic rings. The van der Waals surface area contributed by atoms with Gasteiger partial charge >= 0.3 is 0 Å². The van der Waals surface area contributed by atoms with Crippen LogP contribution in [0.2, 0.25) is 0 Å². The number of aryl methyl sites for hydroxylation is 1. The van der Waals surface area contributed by atoms with Gasteiger partial charge in [-0.1, -0.05) is 0 Å². The van der Waals surface area contributed by atoms with Crippen LogP contribution in [0.5, 0.6) is 0 Å². The van der Waals surface area contributed by atoms with Crippen molar-refractivity contribution in [3.05, 3.63) is 29.3 Å². The Bertz CT molecular complexity index is 546. The minimum Gasteiger partial charge on any atom is -0.396 e. The molecule has 0 radical (unpaired) electrons. The minimum absolute atomic E-state index is 0.0461. The van der Waals surface area contributed by atoms with Crippen molar-refractivity contribution in [2.75, 3.05) is 6.61 Å². The van der Waals surface area contributed by atoms with Gasteiger partial charge in [-0.25, -0.2) is 21.9 Å². The summed E-state index contributed by atoms with van der Waals surface area (Å²) < 4.78 is 53.0. The Balaban J connectivity index is 2.98. The van der Waals surface area contributed by atoms with Crippen LogP contribution in [-0.2, 0) is 10.0 Å². The first kappa shape index (κ1) is 16.0. The van der Waals surface area contributed by atoms with E-state index in [1.165, 1.54) is 6.92 Å². The number of benzene rings is 1. The number of nitrogens with one attached hydrogen (secondary N) is 1. The van der Waals surface area contributed by atoms with Crippen molar-refractivity contribution in [2.45, 2.75) is 37.6 Å². The molecule has 4 nitrogen and oxygen atoms in total. The Morgan fingerprint density at radius 3 is 2.53 bits per heavy atom. The highest BCUT2D eigenvalue weighted by atomic mass is 32.2. The minimum atomic E-state index is -4.11. The van der Waals surface area contributed by atoms with Gasteiger partial charge in [-0.05, 0) is 44.4 Å². The third-order valence-electron chi connectivity index (χ3n) is 2.65. The van der Waals surface area contributed by atoms with Crippen LogP contribution in [0.4, 0.5) is 8.78 Å². The molecule has 0 fully saturated rings. The molecule has 7 heteroatoms. The second-order valence-electron chi connectivity index (χ2n) is 4.42. The second-order valence-corrected chi connectivity index (χ2v) is 6.10. The standard InChI is InChI=1S/C12H17F2NO3S/c1-8-6-11(14)12(7-10(8)13)19(17,18)15-9(2)4-3-5-16/h6-7,9,15-16H,3-5H2,1-2H3. The fourth-order valence-electron chi connectivity index (χ4n) is 1.62. The highest BCUT2D eigenvalue weighted by molar-refractivity contribution is 7.89. The third kappa shape index (κ3) is 4.22. The molecule has 0 bridgehead atoms. The lowest BCUT2D eigenvalue weighted by atomic mass is 10.2. The van der Waals surface area contributed by atoms with E-state index in [2.05, 4.69) is 4.72 Å². The van der Waals surface area contributed by atoms with Crippen molar-refractivity contribution >= 4 is 10.0 Å². The summed E-state index contributed by atoms with van der Waals surface area (Å²) in [6.07, 6.45) is 0.833. The average Bonchev–Trinajstić information content (AvgIpc) is 2.30. The fraction of sp³-hybridized carbons (Fsp3) is 0.500. The van der Waals surface area contributed by atoms with Crippen LogP contribution in [0.25, 0.3) is 0 Å². The molecule has 2 N–H and O–H groups in total. The highest BCUT2D eigenvalue weighted by Crippen LogP contribution is 2.19. The molecule has 19 heavy (non-hydrogen) atoms. The summed E-state index contributed by atoms with van der Waals surface area (Å²) in [6, 6.07) is 1.05. The van der Waals surface area contributed by atoms with E-state index in [9.17, 15) is 17.2 Å². The first-order valence-corrected chi connectivity index (χ1v) is 7.35. The highest BCUT2D eigenvalue weighted by Gasteiger charge is 2.22. The van der Waals surface area contributed by atoms with Gasteiger partial charge in [0.15, 0.2) is 0 Å². The molecule has 0 spiro atoms. The molecule has 1 aromatic carbocycles. The van der Waals surface area contributed by atoms with Gasteiger partial charge < -0.3 is 5.11 Å². The number of sulfonamides is 1. The van der Waals surface area contributed by atoms with Crippen LogP contribution < -0.4 is 4.72 Å². The van der Waals surface area contributed by atoms with Gasteiger partial charge in [-0.2, -0.15) is 0 Å². The number of hydrogen-bond acceptors (Lipinski definition) is 3. The Kier molecular flexibility index (Phi) is 5.39. The zero-order valence-corrected chi connectivity index (χ0v) is 11.6. The maximum absolute atomic E-state index is 13.6. The van der Waals surface area contributed by atoms with E-state index in [0.717, 1.165) is 6.07 Å². The zero-order valence-electron chi connectivity index (χ0n) is 10.8. The lowest BCUT2D eigenvalue weighted by Crippen LogP contribution is -2.33. The maximum atomic E-state index is 13.6. The van der Waals surface area contributed by atoms with Crippen molar-refractivity contribution in [1.82, 2.24) is 4.72 Å². The molecule has 1 atom stereocenters. The van der Waals surface area contributed by atoms with Gasteiger partial charge in [0.1, 0.15) is 16.5 Å². The molecule has 0 aromatic heterocycles. The van der Waals surface area contributed by atoms with E-state index < -0.39 is 32.6 Å². The van der Waals surface area contributed by atoms with Crippen LogP contribution >= 0.6 is 0 Å². The third-order valence-corrected chi connectivity index (χ3v) is 4.26. The quantitative estimate of drug-likeness (QED) is 0.839. The van der Waals surface area contributed by atoms with Crippen molar-refractivity contribution in [2.24, 2.45) is 0 Å². The van der Waals surface area contributed by atoms with Crippen molar-refractivity contribution in [1.29, 1.82) is 0 Å². The largest absolute Gasteiger partial charge is 0.396 e. The Morgan fingerprint density at radius 1 is 1.32 bits per heavy atom. The number of hydrogen-bond donors (Lipinski definition) is 2. The normalized spacial score (nSPS) is 13.5. The second kappa shape index (κ2) is 6.40. The maximum Gasteiger partial charge on any atom is 0.243 e. The van der Waals surface area contributed by atoms with Gasteiger partial charge in [-0.15, -0.1) is 0 Å². The van der Waals surface area contributed by atoms with Gasteiger partial charge in [-0.3, -0.25) is 0 Å². The van der Waals surface area contributed by atoms with Gasteiger partial charge in [0.05, 0.1) is 0 Å². The van der Waals surface area contributed by atoms with Crippen LogP contribution in [0, 0.1) is 18.6 Å². The summed E-state index contributed by atoms with van der Waals surface area (Å²) in [6.45, 7) is 2.89. The summed E-state index contributed by atoms with van der Waals surface area (Å²) >= 11 is 0. The van der Waals surface area contributed by atoms with E-state index in [4.69, 9.17) is 5.11 Å². The van der Waals surface area contributed by atoms with Crippen molar-refractivity contribution in [3.63, 3.8) is 0 Å². The molecule has 0 saturated heterocycles. The average molecular weight is 293 g/mol. The summed E-state index contributed by atoms with van der Waals surface area (Å²) in [5.74, 6) is -1.76. The molecule has 1 rings (SSSR count). The zero-order chi connectivity index (χ0) is 14.6. The lowest BCUT2D eigenvalue weighted by Gasteiger charge is -2.14.